The predicted octanol–water partition coefficient (Wildman–Crippen LogP) is 3.18. The second kappa shape index (κ2) is 10.2. The van der Waals surface area contributed by atoms with Gasteiger partial charge in [-0.3, -0.25) is 9.89 Å². The van der Waals surface area contributed by atoms with Crippen LogP contribution in [0.5, 0.6) is 0 Å². The molecular weight excluding hydrogens is 457 g/mol. The van der Waals surface area contributed by atoms with Gasteiger partial charge in [-0.2, -0.15) is 0 Å². The summed E-state index contributed by atoms with van der Waals surface area (Å²) in [6.07, 6.45) is 3.05. The maximum absolute atomic E-state index is 4.38. The van der Waals surface area contributed by atoms with Crippen molar-refractivity contribution in [2.24, 2.45) is 4.99 Å². The fourth-order valence-corrected chi connectivity index (χ4v) is 3.86. The Labute approximate surface area is 177 Å². The van der Waals surface area contributed by atoms with Crippen LogP contribution >= 0.6 is 35.3 Å². The van der Waals surface area contributed by atoms with Gasteiger partial charge in [0.05, 0.1) is 6.54 Å². The average molecular weight is 485 g/mol. The third-order valence-electron chi connectivity index (χ3n) is 4.65. The number of guanidine groups is 1. The summed E-state index contributed by atoms with van der Waals surface area (Å²) in [7, 11) is 1.81. The molecule has 1 aliphatic heterocycles. The van der Waals surface area contributed by atoms with Crippen LogP contribution < -0.4 is 10.6 Å². The number of aromatic nitrogens is 1. The molecule has 26 heavy (non-hydrogen) atoms. The number of nitrogens with zero attached hydrogens (tertiary/aromatic N) is 3. The topological polar surface area (TPSA) is 52.6 Å². The smallest absolute Gasteiger partial charge is 0.191 e. The van der Waals surface area contributed by atoms with Crippen molar-refractivity contribution in [2.45, 2.75) is 39.4 Å². The normalized spacial score (nSPS) is 15.7. The second-order valence-electron chi connectivity index (χ2n) is 6.51. The highest BCUT2D eigenvalue weighted by atomic mass is 127. The lowest BCUT2D eigenvalue weighted by Gasteiger charge is -2.34. The maximum Gasteiger partial charge on any atom is 0.191 e. The molecule has 5 nitrogen and oxygen atoms in total. The molecule has 0 radical (unpaired) electrons. The van der Waals surface area contributed by atoms with E-state index >= 15 is 0 Å². The molecule has 0 bridgehead atoms. The molecule has 142 valence electrons. The van der Waals surface area contributed by atoms with Crippen LogP contribution in [0.4, 0.5) is 0 Å². The van der Waals surface area contributed by atoms with Crippen molar-refractivity contribution in [2.75, 3.05) is 20.1 Å². The minimum atomic E-state index is 0. The zero-order valence-corrected chi connectivity index (χ0v) is 18.8. The van der Waals surface area contributed by atoms with Gasteiger partial charge in [-0.25, -0.2) is 4.98 Å². The molecule has 1 aromatic carbocycles. The number of thiazole rings is 1. The Morgan fingerprint density at radius 1 is 1.31 bits per heavy atom. The van der Waals surface area contributed by atoms with Gasteiger partial charge in [0.1, 0.15) is 5.01 Å². The Balaban J connectivity index is 0.00000243. The summed E-state index contributed by atoms with van der Waals surface area (Å²) in [6, 6.07) is 9.23. The van der Waals surface area contributed by atoms with E-state index in [1.54, 1.807) is 11.3 Å². The Hall–Kier alpha value is -1.19. The molecule has 1 unspecified atom stereocenters. The van der Waals surface area contributed by atoms with Crippen molar-refractivity contribution >= 4 is 41.3 Å². The van der Waals surface area contributed by atoms with Crippen LogP contribution in [0.2, 0.25) is 0 Å². The van der Waals surface area contributed by atoms with Crippen LogP contribution in [0, 0.1) is 6.92 Å². The van der Waals surface area contributed by atoms with E-state index in [1.807, 2.05) is 13.2 Å². The monoisotopic (exact) mass is 485 g/mol. The van der Waals surface area contributed by atoms with E-state index in [4.69, 9.17) is 0 Å². The molecule has 7 heteroatoms. The molecule has 1 atom stereocenters. The molecule has 3 rings (SSSR count). The van der Waals surface area contributed by atoms with Crippen molar-refractivity contribution in [3.63, 3.8) is 0 Å². The number of nitrogens with one attached hydrogen (secondary N) is 2. The van der Waals surface area contributed by atoms with Gasteiger partial charge in [-0.05, 0) is 31.4 Å². The largest absolute Gasteiger partial charge is 0.355 e. The predicted molar refractivity (Wildman–Crippen MR) is 120 cm³/mol. The van der Waals surface area contributed by atoms with Crippen molar-refractivity contribution < 1.29 is 0 Å². The summed E-state index contributed by atoms with van der Waals surface area (Å²) in [5.41, 5.74) is 2.96. The Kier molecular flexibility index (Phi) is 8.30. The molecule has 0 saturated carbocycles. The number of benzene rings is 1. The lowest BCUT2D eigenvalue weighted by Crippen LogP contribution is -2.47. The number of hydrogen-bond donors (Lipinski definition) is 2. The third-order valence-corrected chi connectivity index (χ3v) is 5.56. The first-order valence-corrected chi connectivity index (χ1v) is 9.64. The number of aliphatic imine (C=N–C) groups is 1. The molecule has 1 aromatic heterocycles. The van der Waals surface area contributed by atoms with Crippen LogP contribution in [0.3, 0.4) is 0 Å². The first kappa shape index (κ1) is 21.1. The van der Waals surface area contributed by atoms with Gasteiger partial charge in [0.2, 0.25) is 0 Å². The number of halogens is 1. The summed E-state index contributed by atoms with van der Waals surface area (Å²) < 4.78 is 0. The summed E-state index contributed by atoms with van der Waals surface area (Å²) in [4.78, 5) is 12.5. The van der Waals surface area contributed by atoms with Gasteiger partial charge in [-0.15, -0.1) is 35.3 Å². The van der Waals surface area contributed by atoms with Crippen LogP contribution in [0.25, 0.3) is 0 Å². The summed E-state index contributed by atoms with van der Waals surface area (Å²) in [5, 5.41) is 7.87. The molecule has 2 aromatic rings. The summed E-state index contributed by atoms with van der Waals surface area (Å²) >= 11 is 1.72. The van der Waals surface area contributed by atoms with Gasteiger partial charge in [-0.1, -0.05) is 24.3 Å². The molecule has 1 aliphatic rings. The first-order valence-electron chi connectivity index (χ1n) is 8.82. The molecule has 0 amide bonds. The fraction of sp³-hybridized carbons (Fsp3) is 0.474. The van der Waals surface area contributed by atoms with Crippen LogP contribution in [0.15, 0.2) is 35.5 Å². The molecule has 0 fully saturated rings. The Bertz CT molecular complexity index is 730. The molecule has 2 heterocycles. The summed E-state index contributed by atoms with van der Waals surface area (Å²) in [6.45, 7) is 8.08. The zero-order valence-electron chi connectivity index (χ0n) is 15.7. The number of fused-ring (bicyclic) bond motifs is 1. The number of hydrogen-bond acceptors (Lipinski definition) is 4. The van der Waals surface area contributed by atoms with Crippen molar-refractivity contribution in [3.05, 3.63) is 51.5 Å². The van der Waals surface area contributed by atoms with Crippen LogP contribution in [0.1, 0.15) is 27.9 Å². The first-order chi connectivity index (χ1) is 12.2. The van der Waals surface area contributed by atoms with E-state index in [0.717, 1.165) is 37.0 Å². The molecular formula is C19H28IN5S. The number of rotatable bonds is 5. The van der Waals surface area contributed by atoms with Crippen molar-refractivity contribution in [1.29, 1.82) is 0 Å². The maximum atomic E-state index is 4.38. The van der Waals surface area contributed by atoms with Crippen molar-refractivity contribution in [1.82, 2.24) is 20.5 Å². The van der Waals surface area contributed by atoms with Gasteiger partial charge in [0.15, 0.2) is 5.96 Å². The highest BCUT2D eigenvalue weighted by molar-refractivity contribution is 14.0. The van der Waals surface area contributed by atoms with Gasteiger partial charge in [0, 0.05) is 43.8 Å². The van der Waals surface area contributed by atoms with Crippen LogP contribution in [-0.2, 0) is 19.5 Å². The Morgan fingerprint density at radius 3 is 2.77 bits per heavy atom. The van der Waals surface area contributed by atoms with Crippen LogP contribution in [-0.4, -0.2) is 42.0 Å². The van der Waals surface area contributed by atoms with E-state index in [1.165, 1.54) is 16.0 Å². The van der Waals surface area contributed by atoms with E-state index in [-0.39, 0.29) is 24.0 Å². The molecule has 0 saturated heterocycles. The van der Waals surface area contributed by atoms with E-state index in [2.05, 4.69) is 63.6 Å². The zero-order chi connectivity index (χ0) is 17.6. The van der Waals surface area contributed by atoms with E-state index in [0.29, 0.717) is 12.6 Å². The van der Waals surface area contributed by atoms with Crippen molar-refractivity contribution in [3.8, 4) is 0 Å². The van der Waals surface area contributed by atoms with Gasteiger partial charge >= 0.3 is 0 Å². The van der Waals surface area contributed by atoms with Gasteiger partial charge in [0.25, 0.3) is 0 Å². The third kappa shape index (κ3) is 5.65. The number of aryl methyl sites for hydroxylation is 1. The molecule has 2 N–H and O–H groups in total. The SMILES string of the molecule is CN=C(NCc1ncc(C)s1)NCC(C)N1CCc2ccccc2C1.I. The minimum Gasteiger partial charge on any atom is -0.355 e. The average Bonchev–Trinajstić information content (AvgIpc) is 3.06. The fourth-order valence-electron chi connectivity index (χ4n) is 3.13. The Morgan fingerprint density at radius 2 is 2.08 bits per heavy atom. The van der Waals surface area contributed by atoms with E-state index in [9.17, 15) is 0 Å². The van der Waals surface area contributed by atoms with E-state index < -0.39 is 0 Å². The minimum absolute atomic E-state index is 0. The highest BCUT2D eigenvalue weighted by Crippen LogP contribution is 2.19. The second-order valence-corrected chi connectivity index (χ2v) is 7.83. The highest BCUT2D eigenvalue weighted by Gasteiger charge is 2.20. The summed E-state index contributed by atoms with van der Waals surface area (Å²) in [5.74, 6) is 0.831. The van der Waals surface area contributed by atoms with Gasteiger partial charge < -0.3 is 10.6 Å². The lowest BCUT2D eigenvalue weighted by molar-refractivity contribution is 0.191. The lowest BCUT2D eigenvalue weighted by atomic mass is 9.99. The molecule has 0 aliphatic carbocycles. The standard InChI is InChI=1S/C19H27N5S.HI/c1-14(24-9-8-16-6-4-5-7-17(16)13-24)10-22-19(20-3)23-12-18-21-11-15(2)25-18;/h4-7,11,14H,8-10,12-13H2,1-3H3,(H2,20,22,23);1H. The quantitative estimate of drug-likeness (QED) is 0.388. The molecule has 0 spiro atoms.